The van der Waals surface area contributed by atoms with E-state index in [4.69, 9.17) is 0 Å². The molecule has 4 atom stereocenters. The Kier molecular flexibility index (Phi) is 3.72. The predicted molar refractivity (Wildman–Crippen MR) is 53.7 cm³/mol. The van der Waals surface area contributed by atoms with E-state index in [0.717, 1.165) is 12.3 Å². The van der Waals surface area contributed by atoms with Crippen molar-refractivity contribution in [2.75, 3.05) is 13.3 Å². The van der Waals surface area contributed by atoms with E-state index in [0.29, 0.717) is 11.3 Å². The monoisotopic (exact) mass is 189 g/mol. The first kappa shape index (κ1) is 10.2. The Balaban J connectivity index is 2.58. The van der Waals surface area contributed by atoms with Crippen LogP contribution in [0, 0.1) is 5.92 Å². The van der Waals surface area contributed by atoms with Gasteiger partial charge in [-0.3, -0.25) is 4.21 Å². The lowest BCUT2D eigenvalue weighted by atomic mass is 9.87. The standard InChI is InChI=1S/C9H19NOS/c1-7-4-5-8(10-2)9(6-7)12(3)11/h7-10H,4-6H2,1-3H3. The van der Waals surface area contributed by atoms with Gasteiger partial charge in [0.05, 0.1) is 5.25 Å². The minimum absolute atomic E-state index is 0.374. The third-order valence-corrected chi connectivity index (χ3v) is 4.22. The molecule has 0 aliphatic heterocycles. The molecule has 0 aromatic heterocycles. The Labute approximate surface area is 77.6 Å². The van der Waals surface area contributed by atoms with Gasteiger partial charge in [-0.15, -0.1) is 0 Å². The zero-order chi connectivity index (χ0) is 9.14. The molecule has 1 N–H and O–H groups in total. The van der Waals surface area contributed by atoms with Crippen molar-refractivity contribution in [1.29, 1.82) is 0 Å². The summed E-state index contributed by atoms with van der Waals surface area (Å²) in [5.41, 5.74) is 0. The second-order valence-corrected chi connectivity index (χ2v) is 5.45. The largest absolute Gasteiger partial charge is 0.316 e. The zero-order valence-corrected chi connectivity index (χ0v) is 8.99. The summed E-state index contributed by atoms with van der Waals surface area (Å²) in [5, 5.41) is 3.64. The van der Waals surface area contributed by atoms with Crippen molar-refractivity contribution in [3.05, 3.63) is 0 Å². The molecule has 0 heterocycles. The SMILES string of the molecule is CNC1CCC(C)CC1S(C)=O. The van der Waals surface area contributed by atoms with Gasteiger partial charge in [0.25, 0.3) is 0 Å². The number of hydrogen-bond donors (Lipinski definition) is 1. The average molecular weight is 189 g/mol. The predicted octanol–water partition coefficient (Wildman–Crippen LogP) is 1.14. The normalized spacial score (nSPS) is 39.4. The van der Waals surface area contributed by atoms with Crippen molar-refractivity contribution < 1.29 is 4.21 Å². The molecule has 0 aromatic rings. The Hall–Kier alpha value is 0.110. The Morgan fingerprint density at radius 2 is 2.08 bits per heavy atom. The summed E-state index contributed by atoms with van der Waals surface area (Å²) in [6, 6.07) is 0.479. The second kappa shape index (κ2) is 4.38. The van der Waals surface area contributed by atoms with Crippen LogP contribution in [0.2, 0.25) is 0 Å². The molecular formula is C9H19NOS. The van der Waals surface area contributed by atoms with E-state index in [1.165, 1.54) is 12.8 Å². The molecule has 0 radical (unpaired) electrons. The van der Waals surface area contributed by atoms with Crippen LogP contribution in [0.3, 0.4) is 0 Å². The maximum atomic E-state index is 11.4. The smallest absolute Gasteiger partial charge is 0.0500 e. The Bertz CT molecular complexity index is 172. The average Bonchev–Trinajstić information content (AvgIpc) is 2.04. The molecule has 1 fully saturated rings. The summed E-state index contributed by atoms with van der Waals surface area (Å²) in [7, 11) is 1.31. The molecule has 1 saturated carbocycles. The molecule has 1 rings (SSSR count). The minimum Gasteiger partial charge on any atom is -0.316 e. The first-order valence-corrected chi connectivity index (χ1v) is 6.26. The fraction of sp³-hybridized carbons (Fsp3) is 1.00. The minimum atomic E-state index is -0.665. The first-order valence-electron chi connectivity index (χ1n) is 4.64. The van der Waals surface area contributed by atoms with Crippen molar-refractivity contribution in [2.24, 2.45) is 5.92 Å². The van der Waals surface area contributed by atoms with Gasteiger partial charge >= 0.3 is 0 Å². The molecule has 1 aliphatic carbocycles. The molecule has 0 amide bonds. The van der Waals surface area contributed by atoms with Crippen LogP contribution in [0.25, 0.3) is 0 Å². The zero-order valence-electron chi connectivity index (χ0n) is 8.17. The van der Waals surface area contributed by atoms with Crippen molar-refractivity contribution in [3.8, 4) is 0 Å². The molecule has 3 heteroatoms. The Morgan fingerprint density at radius 1 is 1.42 bits per heavy atom. The van der Waals surface area contributed by atoms with Crippen molar-refractivity contribution in [3.63, 3.8) is 0 Å². The van der Waals surface area contributed by atoms with Gasteiger partial charge < -0.3 is 5.32 Å². The number of nitrogens with one attached hydrogen (secondary N) is 1. The van der Waals surface area contributed by atoms with Gasteiger partial charge in [0.2, 0.25) is 0 Å². The maximum absolute atomic E-state index is 11.4. The molecule has 0 spiro atoms. The van der Waals surface area contributed by atoms with E-state index >= 15 is 0 Å². The highest BCUT2D eigenvalue weighted by Gasteiger charge is 2.29. The maximum Gasteiger partial charge on any atom is 0.0500 e. The number of hydrogen-bond acceptors (Lipinski definition) is 2. The van der Waals surface area contributed by atoms with Gasteiger partial charge in [-0.1, -0.05) is 6.92 Å². The molecule has 2 nitrogen and oxygen atoms in total. The second-order valence-electron chi connectivity index (χ2n) is 3.85. The first-order chi connectivity index (χ1) is 5.65. The van der Waals surface area contributed by atoms with Crippen LogP contribution in [0.4, 0.5) is 0 Å². The van der Waals surface area contributed by atoms with Gasteiger partial charge in [-0.25, -0.2) is 0 Å². The lowest BCUT2D eigenvalue weighted by molar-refractivity contribution is 0.325. The van der Waals surface area contributed by atoms with Gasteiger partial charge in [0.1, 0.15) is 0 Å². The van der Waals surface area contributed by atoms with Gasteiger partial charge in [-0.2, -0.15) is 0 Å². The molecular weight excluding hydrogens is 170 g/mol. The van der Waals surface area contributed by atoms with E-state index in [1.807, 2.05) is 13.3 Å². The summed E-state index contributed by atoms with van der Waals surface area (Å²) < 4.78 is 11.4. The molecule has 12 heavy (non-hydrogen) atoms. The van der Waals surface area contributed by atoms with E-state index in [9.17, 15) is 4.21 Å². The Morgan fingerprint density at radius 3 is 2.58 bits per heavy atom. The van der Waals surface area contributed by atoms with E-state index in [2.05, 4.69) is 12.2 Å². The summed E-state index contributed by atoms with van der Waals surface area (Å²) in [6.07, 6.45) is 5.41. The molecule has 1 aliphatic rings. The van der Waals surface area contributed by atoms with Gasteiger partial charge in [-0.05, 0) is 32.2 Å². The van der Waals surface area contributed by atoms with Crippen LogP contribution in [0.5, 0.6) is 0 Å². The van der Waals surface area contributed by atoms with E-state index in [1.54, 1.807) is 0 Å². The summed E-state index contributed by atoms with van der Waals surface area (Å²) >= 11 is 0. The van der Waals surface area contributed by atoms with E-state index in [-0.39, 0.29) is 0 Å². The fourth-order valence-corrected chi connectivity index (χ4v) is 3.36. The summed E-state index contributed by atoms with van der Waals surface area (Å²) in [5.74, 6) is 0.753. The highest BCUT2D eigenvalue weighted by Crippen LogP contribution is 2.26. The van der Waals surface area contributed by atoms with Gasteiger partial charge in [0.15, 0.2) is 0 Å². The van der Waals surface area contributed by atoms with Gasteiger partial charge in [0, 0.05) is 23.1 Å². The quantitative estimate of drug-likeness (QED) is 0.706. The lowest BCUT2D eigenvalue weighted by Crippen LogP contribution is -2.44. The van der Waals surface area contributed by atoms with Crippen molar-refractivity contribution in [2.45, 2.75) is 37.5 Å². The highest BCUT2D eigenvalue weighted by molar-refractivity contribution is 7.85. The molecule has 4 unspecified atom stereocenters. The van der Waals surface area contributed by atoms with Crippen LogP contribution in [0.1, 0.15) is 26.2 Å². The van der Waals surface area contributed by atoms with Crippen LogP contribution < -0.4 is 5.32 Å². The fourth-order valence-electron chi connectivity index (χ4n) is 2.03. The topological polar surface area (TPSA) is 29.1 Å². The molecule has 0 aromatic carbocycles. The third-order valence-electron chi connectivity index (χ3n) is 2.85. The van der Waals surface area contributed by atoms with Crippen LogP contribution >= 0.6 is 0 Å². The molecule has 0 bridgehead atoms. The van der Waals surface area contributed by atoms with Crippen molar-refractivity contribution in [1.82, 2.24) is 5.32 Å². The van der Waals surface area contributed by atoms with Crippen LogP contribution in [-0.2, 0) is 10.8 Å². The van der Waals surface area contributed by atoms with Crippen LogP contribution in [-0.4, -0.2) is 28.8 Å². The van der Waals surface area contributed by atoms with E-state index < -0.39 is 10.8 Å². The van der Waals surface area contributed by atoms with Crippen molar-refractivity contribution >= 4 is 10.8 Å². The molecule has 0 saturated heterocycles. The van der Waals surface area contributed by atoms with Crippen LogP contribution in [0.15, 0.2) is 0 Å². The number of rotatable bonds is 2. The third kappa shape index (κ3) is 2.30. The summed E-state index contributed by atoms with van der Waals surface area (Å²) in [4.78, 5) is 0. The highest BCUT2D eigenvalue weighted by atomic mass is 32.2. The lowest BCUT2D eigenvalue weighted by Gasteiger charge is -2.33. The summed E-state index contributed by atoms with van der Waals surface area (Å²) in [6.45, 7) is 2.26. The molecule has 72 valence electrons.